The van der Waals surface area contributed by atoms with Crippen LogP contribution < -0.4 is 10.2 Å². The van der Waals surface area contributed by atoms with E-state index in [0.717, 1.165) is 0 Å². The van der Waals surface area contributed by atoms with Crippen molar-refractivity contribution in [2.45, 2.75) is 45.3 Å². The lowest BCUT2D eigenvalue weighted by molar-refractivity contribution is -0.128. The Kier molecular flexibility index (Phi) is 7.37. The number of fused-ring (bicyclic) bond motifs is 1. The van der Waals surface area contributed by atoms with E-state index in [9.17, 15) is 14.4 Å². The minimum Gasteiger partial charge on any atom is -0.467 e. The standard InChI is InChI=1S/C27H29N5O5/c1-5-27(2,3)28-25(34)24(22-14-9-15-37-22)32(19-11-8-10-18(16-19)26(35)36-4)23(33)17-31-21-13-7-6-12-20(21)29-30-31/h6-16,24H,5,17H2,1-4H3,(H,28,34)/t24-/m0/s1. The first-order valence-corrected chi connectivity index (χ1v) is 11.9. The SMILES string of the molecule is CCC(C)(C)NC(=O)[C@H](c1ccco1)N(C(=O)Cn1nnc2ccccc21)c1cccc(C(=O)OC)c1. The summed E-state index contributed by atoms with van der Waals surface area (Å²) < 4.78 is 12.0. The number of rotatable bonds is 9. The first-order chi connectivity index (χ1) is 17.7. The molecular formula is C27H29N5O5. The zero-order valence-electron chi connectivity index (χ0n) is 21.2. The number of amides is 2. The van der Waals surface area contributed by atoms with Gasteiger partial charge in [0, 0.05) is 11.2 Å². The van der Waals surface area contributed by atoms with Gasteiger partial charge in [-0.15, -0.1) is 5.10 Å². The molecule has 0 spiro atoms. The highest BCUT2D eigenvalue weighted by Gasteiger charge is 2.37. The van der Waals surface area contributed by atoms with Gasteiger partial charge in [-0.2, -0.15) is 0 Å². The van der Waals surface area contributed by atoms with Crippen LogP contribution in [0.5, 0.6) is 0 Å². The molecule has 2 aromatic heterocycles. The van der Waals surface area contributed by atoms with E-state index in [1.165, 1.54) is 29.0 Å². The van der Waals surface area contributed by atoms with Crippen molar-refractivity contribution in [3.63, 3.8) is 0 Å². The van der Waals surface area contributed by atoms with E-state index in [4.69, 9.17) is 9.15 Å². The molecule has 37 heavy (non-hydrogen) atoms. The quantitative estimate of drug-likeness (QED) is 0.344. The van der Waals surface area contributed by atoms with Gasteiger partial charge in [-0.3, -0.25) is 14.5 Å². The molecule has 0 saturated carbocycles. The molecule has 0 unspecified atom stereocenters. The average Bonchev–Trinajstić information content (AvgIpc) is 3.57. The summed E-state index contributed by atoms with van der Waals surface area (Å²) >= 11 is 0. The van der Waals surface area contributed by atoms with Crippen LogP contribution in [0.15, 0.2) is 71.3 Å². The maximum Gasteiger partial charge on any atom is 0.337 e. The third-order valence-corrected chi connectivity index (χ3v) is 6.18. The second-order valence-corrected chi connectivity index (χ2v) is 9.19. The predicted octanol–water partition coefficient (Wildman–Crippen LogP) is 3.89. The summed E-state index contributed by atoms with van der Waals surface area (Å²) in [6.07, 6.45) is 2.11. The van der Waals surface area contributed by atoms with E-state index in [-0.39, 0.29) is 17.9 Å². The number of para-hydroxylation sites is 1. The van der Waals surface area contributed by atoms with Gasteiger partial charge in [-0.05, 0) is 62.7 Å². The Morgan fingerprint density at radius 1 is 1.11 bits per heavy atom. The Morgan fingerprint density at radius 3 is 2.59 bits per heavy atom. The smallest absolute Gasteiger partial charge is 0.337 e. The Bertz CT molecular complexity index is 1410. The summed E-state index contributed by atoms with van der Waals surface area (Å²) in [5.41, 5.74) is 1.33. The minimum atomic E-state index is -1.16. The second-order valence-electron chi connectivity index (χ2n) is 9.19. The van der Waals surface area contributed by atoms with Gasteiger partial charge in [-0.25, -0.2) is 9.48 Å². The molecule has 4 aromatic rings. The zero-order valence-corrected chi connectivity index (χ0v) is 21.2. The normalized spacial score (nSPS) is 12.2. The lowest BCUT2D eigenvalue weighted by atomic mass is 10.0. The van der Waals surface area contributed by atoms with Crippen LogP contribution in [0.2, 0.25) is 0 Å². The number of nitrogens with zero attached hydrogens (tertiary/aromatic N) is 4. The van der Waals surface area contributed by atoms with Crippen LogP contribution in [0.25, 0.3) is 11.0 Å². The van der Waals surface area contributed by atoms with Crippen LogP contribution in [-0.4, -0.2) is 45.4 Å². The molecule has 10 nitrogen and oxygen atoms in total. The highest BCUT2D eigenvalue weighted by Crippen LogP contribution is 2.30. The van der Waals surface area contributed by atoms with Crippen molar-refractivity contribution >= 4 is 34.5 Å². The molecule has 0 aliphatic carbocycles. The highest BCUT2D eigenvalue weighted by atomic mass is 16.5. The first kappa shape index (κ1) is 25.6. The van der Waals surface area contributed by atoms with Gasteiger partial charge < -0.3 is 14.5 Å². The van der Waals surface area contributed by atoms with E-state index in [1.807, 2.05) is 39.0 Å². The molecule has 0 bridgehead atoms. The summed E-state index contributed by atoms with van der Waals surface area (Å²) in [7, 11) is 1.28. The fourth-order valence-corrected chi connectivity index (χ4v) is 3.89. The molecule has 0 fully saturated rings. The molecule has 1 N–H and O–H groups in total. The fraction of sp³-hybridized carbons (Fsp3) is 0.296. The van der Waals surface area contributed by atoms with Gasteiger partial charge in [0.05, 0.1) is 24.5 Å². The number of hydrogen-bond acceptors (Lipinski definition) is 7. The van der Waals surface area contributed by atoms with E-state index in [1.54, 1.807) is 36.4 Å². The van der Waals surface area contributed by atoms with E-state index >= 15 is 0 Å². The van der Waals surface area contributed by atoms with Gasteiger partial charge in [0.15, 0.2) is 6.04 Å². The van der Waals surface area contributed by atoms with Gasteiger partial charge in [0.25, 0.3) is 5.91 Å². The number of benzene rings is 2. The van der Waals surface area contributed by atoms with Gasteiger partial charge in [0.1, 0.15) is 17.8 Å². The molecule has 0 radical (unpaired) electrons. The molecular weight excluding hydrogens is 474 g/mol. The summed E-state index contributed by atoms with van der Waals surface area (Å²) in [5.74, 6) is -1.18. The predicted molar refractivity (Wildman–Crippen MR) is 137 cm³/mol. The van der Waals surface area contributed by atoms with E-state index in [0.29, 0.717) is 23.1 Å². The number of methoxy groups -OCH3 is 1. The summed E-state index contributed by atoms with van der Waals surface area (Å²) in [4.78, 5) is 41.3. The Balaban J connectivity index is 1.82. The summed E-state index contributed by atoms with van der Waals surface area (Å²) in [5, 5.41) is 11.3. The van der Waals surface area contributed by atoms with Crippen molar-refractivity contribution in [3.05, 3.63) is 78.3 Å². The molecule has 1 atom stereocenters. The first-order valence-electron chi connectivity index (χ1n) is 11.9. The average molecular weight is 504 g/mol. The number of furan rings is 1. The van der Waals surface area contributed by atoms with Crippen LogP contribution in [0.3, 0.4) is 0 Å². The van der Waals surface area contributed by atoms with Crippen LogP contribution >= 0.6 is 0 Å². The minimum absolute atomic E-state index is 0.204. The number of esters is 1. The van der Waals surface area contributed by atoms with Crippen molar-refractivity contribution in [1.29, 1.82) is 0 Å². The van der Waals surface area contributed by atoms with Crippen LogP contribution in [0, 0.1) is 0 Å². The van der Waals surface area contributed by atoms with Crippen molar-refractivity contribution in [2.24, 2.45) is 0 Å². The molecule has 2 heterocycles. The number of hydrogen-bond donors (Lipinski definition) is 1. The topological polar surface area (TPSA) is 120 Å². The largest absolute Gasteiger partial charge is 0.467 e. The number of carbonyl (C=O) groups is 3. The van der Waals surface area contributed by atoms with Gasteiger partial charge in [-0.1, -0.05) is 30.3 Å². The summed E-state index contributed by atoms with van der Waals surface area (Å²) in [6.45, 7) is 5.55. The number of nitrogens with one attached hydrogen (secondary N) is 1. The van der Waals surface area contributed by atoms with E-state index < -0.39 is 29.4 Å². The third kappa shape index (κ3) is 5.53. The maximum atomic E-state index is 14.0. The second kappa shape index (κ2) is 10.7. The molecule has 192 valence electrons. The van der Waals surface area contributed by atoms with Gasteiger partial charge in [0.2, 0.25) is 5.91 Å². The number of carbonyl (C=O) groups excluding carboxylic acids is 3. The molecule has 10 heteroatoms. The lowest BCUT2D eigenvalue weighted by Crippen LogP contribution is -2.51. The van der Waals surface area contributed by atoms with Crippen LogP contribution in [0.4, 0.5) is 5.69 Å². The summed E-state index contributed by atoms with van der Waals surface area (Å²) in [6, 6.07) is 15.8. The molecule has 0 aliphatic rings. The number of anilines is 1. The zero-order chi connectivity index (χ0) is 26.6. The Hall–Kier alpha value is -4.47. The third-order valence-electron chi connectivity index (χ3n) is 6.18. The van der Waals surface area contributed by atoms with Gasteiger partial charge >= 0.3 is 5.97 Å². The van der Waals surface area contributed by atoms with E-state index in [2.05, 4.69) is 15.6 Å². The molecule has 0 saturated heterocycles. The Labute approximate surface area is 214 Å². The van der Waals surface area contributed by atoms with Crippen molar-refractivity contribution in [1.82, 2.24) is 20.3 Å². The molecule has 4 rings (SSSR count). The van der Waals surface area contributed by atoms with Crippen molar-refractivity contribution in [3.8, 4) is 0 Å². The Morgan fingerprint density at radius 2 is 1.89 bits per heavy atom. The molecule has 0 aliphatic heterocycles. The number of aromatic nitrogens is 3. The molecule has 2 amide bonds. The molecule has 2 aromatic carbocycles. The fourth-order valence-electron chi connectivity index (χ4n) is 3.89. The van der Waals surface area contributed by atoms with Crippen LogP contribution in [0.1, 0.15) is 49.4 Å². The highest BCUT2D eigenvalue weighted by molar-refractivity contribution is 6.02. The lowest BCUT2D eigenvalue weighted by Gasteiger charge is -2.33. The van der Waals surface area contributed by atoms with Crippen LogP contribution in [-0.2, 0) is 20.9 Å². The monoisotopic (exact) mass is 503 g/mol. The maximum absolute atomic E-state index is 14.0. The van der Waals surface area contributed by atoms with Crippen molar-refractivity contribution < 1.29 is 23.5 Å². The van der Waals surface area contributed by atoms with Crippen molar-refractivity contribution in [2.75, 3.05) is 12.0 Å². The number of ether oxygens (including phenoxy) is 1.